The lowest BCUT2D eigenvalue weighted by Crippen LogP contribution is -2.26. The largest absolute Gasteiger partial charge is 0.352 e. The van der Waals surface area contributed by atoms with Crippen molar-refractivity contribution in [2.24, 2.45) is 0 Å². The minimum absolute atomic E-state index is 0.117. The Kier molecular flexibility index (Phi) is 5.25. The molecule has 5 heteroatoms. The third kappa shape index (κ3) is 4.23. The molecule has 0 fully saturated rings. The van der Waals surface area contributed by atoms with Gasteiger partial charge in [-0.15, -0.1) is 0 Å². The third-order valence-electron chi connectivity index (χ3n) is 3.07. The second kappa shape index (κ2) is 6.94. The Morgan fingerprint density at radius 1 is 1.32 bits per heavy atom. The molecular formula is C14H16Cl2N2O. The second-order valence-corrected chi connectivity index (χ2v) is 5.27. The van der Waals surface area contributed by atoms with Crippen LogP contribution in [0.3, 0.4) is 0 Å². The van der Waals surface area contributed by atoms with Crippen molar-refractivity contribution in [3.05, 3.63) is 45.5 Å². The van der Waals surface area contributed by atoms with Gasteiger partial charge in [0.25, 0.3) is 5.91 Å². The maximum atomic E-state index is 11.9. The lowest BCUT2D eigenvalue weighted by molar-refractivity contribution is 0.0954. The molecule has 1 aliphatic heterocycles. The SMILES string of the molecule is O=C(NCCC1=CCNCC1)c1ccc(Cl)c(Cl)c1. The van der Waals surface area contributed by atoms with E-state index in [2.05, 4.69) is 16.7 Å². The maximum Gasteiger partial charge on any atom is 0.251 e. The summed E-state index contributed by atoms with van der Waals surface area (Å²) in [5, 5.41) is 7.01. The highest BCUT2D eigenvalue weighted by Gasteiger charge is 2.08. The van der Waals surface area contributed by atoms with Gasteiger partial charge < -0.3 is 10.6 Å². The van der Waals surface area contributed by atoms with Crippen molar-refractivity contribution >= 4 is 29.1 Å². The zero-order valence-electron chi connectivity index (χ0n) is 10.5. The molecule has 0 spiro atoms. The maximum absolute atomic E-state index is 11.9. The van der Waals surface area contributed by atoms with Crippen LogP contribution in [-0.4, -0.2) is 25.5 Å². The van der Waals surface area contributed by atoms with Crippen molar-refractivity contribution in [3.8, 4) is 0 Å². The van der Waals surface area contributed by atoms with Gasteiger partial charge >= 0.3 is 0 Å². The molecule has 0 radical (unpaired) electrons. The van der Waals surface area contributed by atoms with Crippen LogP contribution in [0, 0.1) is 0 Å². The normalized spacial score (nSPS) is 14.9. The van der Waals surface area contributed by atoms with E-state index < -0.39 is 0 Å². The molecule has 1 aromatic carbocycles. The number of carbonyl (C=O) groups is 1. The van der Waals surface area contributed by atoms with Crippen LogP contribution in [-0.2, 0) is 0 Å². The Hall–Kier alpha value is -1.03. The van der Waals surface area contributed by atoms with E-state index in [9.17, 15) is 4.79 Å². The lowest BCUT2D eigenvalue weighted by Gasteiger charge is -2.14. The molecule has 0 unspecified atom stereocenters. The number of nitrogens with one attached hydrogen (secondary N) is 2. The highest BCUT2D eigenvalue weighted by Crippen LogP contribution is 2.22. The van der Waals surface area contributed by atoms with Gasteiger partial charge in [0, 0.05) is 18.7 Å². The molecule has 1 aliphatic rings. The van der Waals surface area contributed by atoms with E-state index in [0.29, 0.717) is 22.2 Å². The fourth-order valence-corrected chi connectivity index (χ4v) is 2.27. The fourth-order valence-electron chi connectivity index (χ4n) is 1.97. The molecule has 0 aliphatic carbocycles. The Labute approximate surface area is 123 Å². The molecule has 2 N–H and O–H groups in total. The monoisotopic (exact) mass is 298 g/mol. The molecule has 2 rings (SSSR count). The summed E-state index contributed by atoms with van der Waals surface area (Å²) >= 11 is 11.7. The number of hydrogen-bond donors (Lipinski definition) is 2. The number of rotatable bonds is 4. The number of amides is 1. The summed E-state index contributed by atoms with van der Waals surface area (Å²) in [5.74, 6) is -0.117. The molecule has 1 heterocycles. The quantitative estimate of drug-likeness (QED) is 0.839. The molecule has 19 heavy (non-hydrogen) atoms. The van der Waals surface area contributed by atoms with Crippen molar-refractivity contribution in [3.63, 3.8) is 0 Å². The molecule has 0 bridgehead atoms. The van der Waals surface area contributed by atoms with Crippen LogP contribution >= 0.6 is 23.2 Å². The Morgan fingerprint density at radius 3 is 2.84 bits per heavy atom. The van der Waals surface area contributed by atoms with Crippen LogP contribution in [0.4, 0.5) is 0 Å². The molecule has 3 nitrogen and oxygen atoms in total. The van der Waals surface area contributed by atoms with Gasteiger partial charge in [-0.1, -0.05) is 34.9 Å². The highest BCUT2D eigenvalue weighted by molar-refractivity contribution is 6.42. The smallest absolute Gasteiger partial charge is 0.251 e. The van der Waals surface area contributed by atoms with Crippen LogP contribution < -0.4 is 10.6 Å². The number of hydrogen-bond acceptors (Lipinski definition) is 2. The van der Waals surface area contributed by atoms with E-state index in [1.807, 2.05) is 0 Å². The summed E-state index contributed by atoms with van der Waals surface area (Å²) in [6, 6.07) is 4.89. The predicted molar refractivity (Wildman–Crippen MR) is 79.0 cm³/mol. The first kappa shape index (κ1) is 14.4. The Balaban J connectivity index is 1.83. The van der Waals surface area contributed by atoms with Crippen molar-refractivity contribution in [1.29, 1.82) is 0 Å². The molecule has 102 valence electrons. The summed E-state index contributed by atoms with van der Waals surface area (Å²) < 4.78 is 0. The van der Waals surface area contributed by atoms with E-state index in [1.165, 1.54) is 5.57 Å². The van der Waals surface area contributed by atoms with Gasteiger partial charge in [-0.2, -0.15) is 0 Å². The number of benzene rings is 1. The lowest BCUT2D eigenvalue weighted by atomic mass is 10.1. The van der Waals surface area contributed by atoms with Crippen molar-refractivity contribution in [2.75, 3.05) is 19.6 Å². The summed E-state index contributed by atoms with van der Waals surface area (Å²) in [6.45, 7) is 2.59. The Bertz CT molecular complexity index is 500. The van der Waals surface area contributed by atoms with E-state index >= 15 is 0 Å². The van der Waals surface area contributed by atoms with Gasteiger partial charge in [0.2, 0.25) is 0 Å². The average Bonchev–Trinajstić information content (AvgIpc) is 2.43. The van der Waals surface area contributed by atoms with Crippen LogP contribution in [0.2, 0.25) is 10.0 Å². The molecule has 1 amide bonds. The molecular weight excluding hydrogens is 283 g/mol. The molecule has 0 aromatic heterocycles. The van der Waals surface area contributed by atoms with E-state index in [1.54, 1.807) is 18.2 Å². The first-order valence-corrected chi connectivity index (χ1v) is 7.04. The highest BCUT2D eigenvalue weighted by atomic mass is 35.5. The number of carbonyl (C=O) groups excluding carboxylic acids is 1. The molecule has 0 atom stereocenters. The van der Waals surface area contributed by atoms with E-state index in [4.69, 9.17) is 23.2 Å². The van der Waals surface area contributed by atoms with Crippen molar-refractivity contribution in [2.45, 2.75) is 12.8 Å². The van der Waals surface area contributed by atoms with Gasteiger partial charge in [0.05, 0.1) is 10.0 Å². The van der Waals surface area contributed by atoms with Crippen LogP contribution in [0.15, 0.2) is 29.8 Å². The fraction of sp³-hybridized carbons (Fsp3) is 0.357. The third-order valence-corrected chi connectivity index (χ3v) is 3.81. The summed E-state index contributed by atoms with van der Waals surface area (Å²) in [7, 11) is 0. The zero-order valence-corrected chi connectivity index (χ0v) is 12.0. The minimum atomic E-state index is -0.117. The summed E-state index contributed by atoms with van der Waals surface area (Å²) in [6.07, 6.45) is 4.15. The molecule has 1 aromatic rings. The van der Waals surface area contributed by atoms with Crippen molar-refractivity contribution in [1.82, 2.24) is 10.6 Å². The van der Waals surface area contributed by atoms with Crippen LogP contribution in [0.25, 0.3) is 0 Å². The molecule has 0 saturated heterocycles. The summed E-state index contributed by atoms with van der Waals surface area (Å²) in [5.41, 5.74) is 1.93. The topological polar surface area (TPSA) is 41.1 Å². The van der Waals surface area contributed by atoms with Gasteiger partial charge in [-0.3, -0.25) is 4.79 Å². The Morgan fingerprint density at radius 2 is 2.16 bits per heavy atom. The van der Waals surface area contributed by atoms with Gasteiger partial charge in [0.1, 0.15) is 0 Å². The van der Waals surface area contributed by atoms with Gasteiger partial charge in [-0.05, 0) is 37.6 Å². The minimum Gasteiger partial charge on any atom is -0.352 e. The first-order valence-electron chi connectivity index (χ1n) is 6.28. The van der Waals surface area contributed by atoms with E-state index in [0.717, 1.165) is 25.9 Å². The summed E-state index contributed by atoms with van der Waals surface area (Å²) in [4.78, 5) is 11.9. The van der Waals surface area contributed by atoms with Gasteiger partial charge in [0.15, 0.2) is 0 Å². The second-order valence-electron chi connectivity index (χ2n) is 4.45. The number of halogens is 2. The van der Waals surface area contributed by atoms with Crippen molar-refractivity contribution < 1.29 is 4.79 Å². The zero-order chi connectivity index (χ0) is 13.7. The molecule has 0 saturated carbocycles. The first-order chi connectivity index (χ1) is 9.16. The van der Waals surface area contributed by atoms with Crippen LogP contribution in [0.5, 0.6) is 0 Å². The van der Waals surface area contributed by atoms with Crippen LogP contribution in [0.1, 0.15) is 23.2 Å². The standard InChI is InChI=1S/C14H16Cl2N2O/c15-12-2-1-11(9-13(12)16)14(19)18-8-5-10-3-6-17-7-4-10/h1-3,9,17H,4-8H2,(H,18,19). The van der Waals surface area contributed by atoms with E-state index in [-0.39, 0.29) is 5.91 Å². The predicted octanol–water partition coefficient (Wildman–Crippen LogP) is 3.03. The average molecular weight is 299 g/mol. The van der Waals surface area contributed by atoms with Gasteiger partial charge in [-0.25, -0.2) is 0 Å².